The summed E-state index contributed by atoms with van der Waals surface area (Å²) in [4.78, 5) is 12.4. The van der Waals surface area contributed by atoms with Gasteiger partial charge in [0.1, 0.15) is 6.10 Å². The van der Waals surface area contributed by atoms with Gasteiger partial charge < -0.3 is 4.74 Å². The molecular weight excluding hydrogens is 374 g/mol. The van der Waals surface area contributed by atoms with Crippen molar-refractivity contribution < 1.29 is 35.9 Å². The second-order valence-electron chi connectivity index (χ2n) is 7.56. The van der Waals surface area contributed by atoms with Crippen LogP contribution in [-0.4, -0.2) is 12.1 Å². The predicted molar refractivity (Wildman–Crippen MR) is 87.0 cm³/mol. The molecule has 1 fully saturated rings. The molecule has 2 rings (SSSR count). The molecule has 0 unspecified atom stereocenters. The van der Waals surface area contributed by atoms with Crippen LogP contribution in [0.1, 0.15) is 61.5 Å². The van der Waals surface area contributed by atoms with Gasteiger partial charge in [-0.15, -0.1) is 0 Å². The average Bonchev–Trinajstić information content (AvgIpc) is 2.52. The molecule has 0 heterocycles. The predicted octanol–water partition coefficient (Wildman–Crippen LogP) is 6.34. The third-order valence-electron chi connectivity index (χ3n) is 5.04. The molecule has 8 heteroatoms. The first-order valence-corrected chi connectivity index (χ1v) is 8.79. The average molecular weight is 396 g/mol. The quantitative estimate of drug-likeness (QED) is 0.440. The topological polar surface area (TPSA) is 26.3 Å². The molecule has 152 valence electrons. The summed E-state index contributed by atoms with van der Waals surface area (Å²) in [6, 6.07) is 0.818. The van der Waals surface area contributed by atoms with Crippen molar-refractivity contribution in [1.29, 1.82) is 0 Å². The number of halogens is 6. The van der Waals surface area contributed by atoms with Crippen LogP contribution in [0.25, 0.3) is 0 Å². The third kappa shape index (κ3) is 5.39. The van der Waals surface area contributed by atoms with Crippen molar-refractivity contribution in [2.45, 2.75) is 58.5 Å². The van der Waals surface area contributed by atoms with E-state index in [9.17, 15) is 31.1 Å². The van der Waals surface area contributed by atoms with E-state index in [2.05, 4.69) is 0 Å². The van der Waals surface area contributed by atoms with Gasteiger partial charge in [0.2, 0.25) is 0 Å². The van der Waals surface area contributed by atoms with Crippen molar-refractivity contribution in [3.8, 4) is 0 Å². The summed E-state index contributed by atoms with van der Waals surface area (Å²) in [7, 11) is 0. The minimum absolute atomic E-state index is 0.00359. The van der Waals surface area contributed by atoms with Crippen LogP contribution >= 0.6 is 0 Å². The van der Waals surface area contributed by atoms with Crippen LogP contribution in [0.4, 0.5) is 26.3 Å². The van der Waals surface area contributed by atoms with Crippen molar-refractivity contribution in [3.63, 3.8) is 0 Å². The number of benzene rings is 1. The first-order valence-electron chi connectivity index (χ1n) is 8.79. The monoisotopic (exact) mass is 396 g/mol. The molecule has 0 aliphatic heterocycles. The molecule has 0 N–H and O–H groups in total. The maximum atomic E-state index is 13.0. The molecule has 0 bridgehead atoms. The van der Waals surface area contributed by atoms with Crippen LogP contribution in [0.2, 0.25) is 0 Å². The fourth-order valence-electron chi connectivity index (χ4n) is 3.53. The summed E-state index contributed by atoms with van der Waals surface area (Å²) in [5.74, 6) is -0.679. The van der Waals surface area contributed by atoms with Gasteiger partial charge in [-0.3, -0.25) is 0 Å². The number of hydrogen-bond donors (Lipinski definition) is 0. The number of carbonyl (C=O) groups excluding carboxylic acids is 1. The first-order chi connectivity index (χ1) is 12.3. The van der Waals surface area contributed by atoms with E-state index < -0.39 is 41.1 Å². The van der Waals surface area contributed by atoms with Gasteiger partial charge in [0.25, 0.3) is 0 Å². The Morgan fingerprint density at radius 1 is 1.00 bits per heavy atom. The number of ether oxygens (including phenoxy) is 1. The van der Waals surface area contributed by atoms with E-state index in [1.165, 1.54) is 0 Å². The van der Waals surface area contributed by atoms with Crippen molar-refractivity contribution in [3.05, 3.63) is 34.9 Å². The minimum Gasteiger partial charge on any atom is -0.458 e. The second-order valence-corrected chi connectivity index (χ2v) is 7.56. The molecule has 0 aromatic heterocycles. The summed E-state index contributed by atoms with van der Waals surface area (Å²) >= 11 is 0. The fourth-order valence-corrected chi connectivity index (χ4v) is 3.53. The Morgan fingerprint density at radius 3 is 1.96 bits per heavy atom. The lowest BCUT2D eigenvalue weighted by Gasteiger charge is -2.36. The van der Waals surface area contributed by atoms with E-state index in [0.717, 1.165) is 12.8 Å². The molecular formula is C19H22F6O2. The van der Waals surface area contributed by atoms with Gasteiger partial charge in [-0.05, 0) is 48.8 Å². The van der Waals surface area contributed by atoms with E-state index in [1.807, 2.05) is 20.8 Å². The lowest BCUT2D eigenvalue weighted by molar-refractivity contribution is -0.143. The van der Waals surface area contributed by atoms with Crippen LogP contribution < -0.4 is 0 Å². The standard InChI is InChI=1S/C19H22F6O2/c1-10(2)15-5-4-11(3)6-16(15)27-17(26)12-7-13(18(20,21)22)9-14(8-12)19(23,24)25/h7-11,15-16H,4-6H2,1-3H3/t11-,15+,16-/m1/s1. The molecule has 1 aromatic rings. The van der Waals surface area contributed by atoms with E-state index in [-0.39, 0.29) is 23.8 Å². The van der Waals surface area contributed by atoms with Crippen LogP contribution in [0.5, 0.6) is 0 Å². The summed E-state index contributed by atoms with van der Waals surface area (Å²) in [6.07, 6.45) is -8.25. The highest BCUT2D eigenvalue weighted by atomic mass is 19.4. The number of hydrogen-bond acceptors (Lipinski definition) is 2. The van der Waals surface area contributed by atoms with Gasteiger partial charge in [-0.1, -0.05) is 27.2 Å². The highest BCUT2D eigenvalue weighted by Gasteiger charge is 2.39. The Labute approximate surface area is 153 Å². The number of carbonyl (C=O) groups is 1. The zero-order valence-corrected chi connectivity index (χ0v) is 15.2. The minimum atomic E-state index is -5.00. The number of alkyl halides is 6. The zero-order chi connectivity index (χ0) is 20.6. The van der Waals surface area contributed by atoms with Crippen molar-refractivity contribution in [2.75, 3.05) is 0 Å². The Balaban J connectivity index is 2.34. The summed E-state index contributed by atoms with van der Waals surface area (Å²) in [5.41, 5.74) is -3.79. The lowest BCUT2D eigenvalue weighted by Crippen LogP contribution is -2.36. The Kier molecular flexibility index (Phi) is 6.16. The van der Waals surface area contributed by atoms with Gasteiger partial charge in [-0.2, -0.15) is 26.3 Å². The van der Waals surface area contributed by atoms with Crippen molar-refractivity contribution >= 4 is 5.97 Å². The summed E-state index contributed by atoms with van der Waals surface area (Å²) in [6.45, 7) is 5.88. The Hall–Kier alpha value is -1.73. The first kappa shape index (κ1) is 21.6. The fraction of sp³-hybridized carbons (Fsp3) is 0.632. The maximum absolute atomic E-state index is 13.0. The molecule has 1 saturated carbocycles. The van der Waals surface area contributed by atoms with Crippen molar-refractivity contribution in [2.24, 2.45) is 17.8 Å². The van der Waals surface area contributed by atoms with Crippen LogP contribution in [-0.2, 0) is 17.1 Å². The van der Waals surface area contributed by atoms with Gasteiger partial charge in [0, 0.05) is 0 Å². The molecule has 0 radical (unpaired) electrons. The molecule has 0 spiro atoms. The summed E-state index contributed by atoms with van der Waals surface area (Å²) in [5, 5.41) is 0. The second kappa shape index (κ2) is 7.72. The molecule has 1 aliphatic rings. The molecule has 0 saturated heterocycles. The lowest BCUT2D eigenvalue weighted by atomic mass is 9.75. The van der Waals surface area contributed by atoms with Gasteiger partial charge in [0.15, 0.2) is 0 Å². The normalized spacial score (nSPS) is 24.1. The largest absolute Gasteiger partial charge is 0.458 e. The third-order valence-corrected chi connectivity index (χ3v) is 5.04. The SMILES string of the molecule is CC(C)[C@@H]1CC[C@@H](C)C[C@H]1OC(=O)c1cc(C(F)(F)F)cc(C(F)(F)F)c1. The van der Waals surface area contributed by atoms with Gasteiger partial charge in [0.05, 0.1) is 16.7 Å². The Morgan fingerprint density at radius 2 is 1.52 bits per heavy atom. The molecule has 2 nitrogen and oxygen atoms in total. The molecule has 27 heavy (non-hydrogen) atoms. The molecule has 3 atom stereocenters. The van der Waals surface area contributed by atoms with E-state index in [0.29, 0.717) is 18.6 Å². The maximum Gasteiger partial charge on any atom is 0.416 e. The van der Waals surface area contributed by atoms with E-state index in [1.54, 1.807) is 0 Å². The summed E-state index contributed by atoms with van der Waals surface area (Å²) < 4.78 is 83.1. The highest BCUT2D eigenvalue weighted by molar-refractivity contribution is 5.90. The molecule has 1 aliphatic carbocycles. The number of rotatable bonds is 3. The van der Waals surface area contributed by atoms with Crippen LogP contribution in [0.15, 0.2) is 18.2 Å². The van der Waals surface area contributed by atoms with Gasteiger partial charge >= 0.3 is 18.3 Å². The van der Waals surface area contributed by atoms with Gasteiger partial charge in [-0.25, -0.2) is 4.79 Å². The zero-order valence-electron chi connectivity index (χ0n) is 15.2. The van der Waals surface area contributed by atoms with Crippen molar-refractivity contribution in [1.82, 2.24) is 0 Å². The highest BCUT2D eigenvalue weighted by Crippen LogP contribution is 2.38. The van der Waals surface area contributed by atoms with E-state index in [4.69, 9.17) is 4.74 Å². The number of esters is 1. The van der Waals surface area contributed by atoms with Crippen LogP contribution in [0, 0.1) is 17.8 Å². The Bertz CT molecular complexity index is 646. The molecule has 1 aromatic carbocycles. The van der Waals surface area contributed by atoms with Crippen LogP contribution in [0.3, 0.4) is 0 Å². The molecule has 0 amide bonds. The smallest absolute Gasteiger partial charge is 0.416 e. The van der Waals surface area contributed by atoms with E-state index >= 15 is 0 Å².